The summed E-state index contributed by atoms with van der Waals surface area (Å²) in [4.78, 5) is 4.15. The molecule has 3 rings (SSSR count). The van der Waals surface area contributed by atoms with Gasteiger partial charge in [0.2, 0.25) is 0 Å². The largest absolute Gasteiger partial charge is 0.310 e. The van der Waals surface area contributed by atoms with Crippen molar-refractivity contribution in [1.82, 2.24) is 10.3 Å². The molecule has 0 amide bonds. The van der Waals surface area contributed by atoms with Gasteiger partial charge in [-0.2, -0.15) is 0 Å². The van der Waals surface area contributed by atoms with Crippen molar-refractivity contribution in [2.24, 2.45) is 0 Å². The van der Waals surface area contributed by atoms with Gasteiger partial charge >= 0.3 is 0 Å². The molecule has 1 aliphatic carbocycles. The second-order valence-corrected chi connectivity index (χ2v) is 5.15. The zero-order valence-electron chi connectivity index (χ0n) is 11.0. The lowest BCUT2D eigenvalue weighted by molar-refractivity contribution is 0.587. The molecule has 19 heavy (non-hydrogen) atoms. The fourth-order valence-corrected chi connectivity index (χ4v) is 2.19. The van der Waals surface area contributed by atoms with Crippen LogP contribution in [-0.4, -0.2) is 11.0 Å². The van der Waals surface area contributed by atoms with Crippen LogP contribution in [0.15, 0.2) is 36.7 Å². The average Bonchev–Trinajstić information content (AvgIpc) is 3.23. The number of nitrogens with one attached hydrogen (secondary N) is 1. The zero-order chi connectivity index (χ0) is 13.2. The van der Waals surface area contributed by atoms with Crippen LogP contribution in [0, 0.1) is 12.7 Å². The van der Waals surface area contributed by atoms with Crippen LogP contribution in [-0.2, 0) is 6.54 Å². The van der Waals surface area contributed by atoms with Gasteiger partial charge in [0, 0.05) is 36.1 Å². The van der Waals surface area contributed by atoms with Gasteiger partial charge in [-0.15, -0.1) is 0 Å². The Morgan fingerprint density at radius 3 is 2.89 bits per heavy atom. The van der Waals surface area contributed by atoms with E-state index in [1.54, 1.807) is 12.3 Å². The molecule has 0 aliphatic heterocycles. The van der Waals surface area contributed by atoms with E-state index < -0.39 is 0 Å². The standard InChI is InChI=1S/C16H17FN2/c1-11-6-7-18-10-15(11)12-2-5-16(17)13(8-12)9-19-14-3-4-14/h2,5-8,10,14,19H,3-4,9H2,1H3. The minimum absolute atomic E-state index is 0.140. The molecular weight excluding hydrogens is 239 g/mol. The predicted octanol–water partition coefficient (Wildman–Crippen LogP) is 3.45. The Labute approximate surface area is 112 Å². The van der Waals surface area contributed by atoms with Crippen LogP contribution in [0.4, 0.5) is 4.39 Å². The first-order valence-corrected chi connectivity index (χ1v) is 6.67. The van der Waals surface area contributed by atoms with Crippen LogP contribution < -0.4 is 5.32 Å². The Bertz CT molecular complexity index is 591. The highest BCUT2D eigenvalue weighted by molar-refractivity contribution is 5.66. The molecule has 1 heterocycles. The molecule has 0 saturated heterocycles. The molecule has 98 valence electrons. The minimum atomic E-state index is -0.140. The number of aromatic nitrogens is 1. The molecule has 1 N–H and O–H groups in total. The van der Waals surface area contributed by atoms with Crippen molar-refractivity contribution >= 4 is 0 Å². The average molecular weight is 256 g/mol. The van der Waals surface area contributed by atoms with E-state index >= 15 is 0 Å². The van der Waals surface area contributed by atoms with E-state index in [-0.39, 0.29) is 5.82 Å². The number of nitrogens with zero attached hydrogens (tertiary/aromatic N) is 1. The summed E-state index contributed by atoms with van der Waals surface area (Å²) in [5.41, 5.74) is 3.98. The highest BCUT2D eigenvalue weighted by atomic mass is 19.1. The quantitative estimate of drug-likeness (QED) is 0.906. The summed E-state index contributed by atoms with van der Waals surface area (Å²) in [5.74, 6) is -0.140. The van der Waals surface area contributed by atoms with Crippen molar-refractivity contribution in [2.75, 3.05) is 0 Å². The SMILES string of the molecule is Cc1ccncc1-c1ccc(F)c(CNC2CC2)c1. The van der Waals surface area contributed by atoms with E-state index in [1.165, 1.54) is 12.8 Å². The molecule has 1 aromatic carbocycles. The molecule has 2 nitrogen and oxygen atoms in total. The van der Waals surface area contributed by atoms with Crippen molar-refractivity contribution in [3.8, 4) is 11.1 Å². The van der Waals surface area contributed by atoms with E-state index in [2.05, 4.69) is 10.3 Å². The first-order chi connectivity index (χ1) is 9.24. The Kier molecular flexibility index (Phi) is 3.30. The van der Waals surface area contributed by atoms with Gasteiger partial charge in [-0.25, -0.2) is 4.39 Å². The van der Waals surface area contributed by atoms with Gasteiger partial charge in [0.05, 0.1) is 0 Å². The van der Waals surface area contributed by atoms with Crippen molar-refractivity contribution in [3.63, 3.8) is 0 Å². The topological polar surface area (TPSA) is 24.9 Å². The molecule has 1 aromatic heterocycles. The molecule has 0 bridgehead atoms. The van der Waals surface area contributed by atoms with E-state index in [0.717, 1.165) is 22.3 Å². The van der Waals surface area contributed by atoms with Crippen molar-refractivity contribution in [3.05, 3.63) is 53.6 Å². The molecule has 3 heteroatoms. The van der Waals surface area contributed by atoms with E-state index in [4.69, 9.17) is 0 Å². The van der Waals surface area contributed by atoms with Gasteiger partial charge in [-0.1, -0.05) is 6.07 Å². The summed E-state index contributed by atoms with van der Waals surface area (Å²) in [6.07, 6.45) is 6.03. The maximum atomic E-state index is 13.8. The van der Waals surface area contributed by atoms with Crippen LogP contribution in [0.3, 0.4) is 0 Å². The molecule has 0 spiro atoms. The molecule has 1 saturated carbocycles. The Morgan fingerprint density at radius 2 is 2.16 bits per heavy atom. The summed E-state index contributed by atoms with van der Waals surface area (Å²) in [7, 11) is 0. The van der Waals surface area contributed by atoms with Crippen LogP contribution in [0.1, 0.15) is 24.0 Å². The summed E-state index contributed by atoms with van der Waals surface area (Å²) in [5, 5.41) is 3.35. The minimum Gasteiger partial charge on any atom is -0.310 e. The lowest BCUT2D eigenvalue weighted by Gasteiger charge is -2.09. The molecule has 0 unspecified atom stereocenters. The van der Waals surface area contributed by atoms with Crippen molar-refractivity contribution in [2.45, 2.75) is 32.4 Å². The second-order valence-electron chi connectivity index (χ2n) is 5.15. The number of pyridine rings is 1. The van der Waals surface area contributed by atoms with Gasteiger partial charge in [0.25, 0.3) is 0 Å². The summed E-state index contributed by atoms with van der Waals surface area (Å²) < 4.78 is 13.8. The van der Waals surface area contributed by atoms with Crippen LogP contribution >= 0.6 is 0 Å². The van der Waals surface area contributed by atoms with Crippen molar-refractivity contribution < 1.29 is 4.39 Å². The van der Waals surface area contributed by atoms with E-state index in [1.807, 2.05) is 31.3 Å². The molecule has 1 fully saturated rings. The molecule has 0 atom stereocenters. The third-order valence-electron chi connectivity index (χ3n) is 3.55. The Morgan fingerprint density at radius 1 is 1.32 bits per heavy atom. The smallest absolute Gasteiger partial charge is 0.127 e. The summed E-state index contributed by atoms with van der Waals surface area (Å²) in [6.45, 7) is 2.64. The lowest BCUT2D eigenvalue weighted by Crippen LogP contribution is -2.16. The Balaban J connectivity index is 1.89. The van der Waals surface area contributed by atoms with E-state index in [9.17, 15) is 4.39 Å². The van der Waals surface area contributed by atoms with Gasteiger partial charge in [-0.05, 0) is 49.1 Å². The highest BCUT2D eigenvalue weighted by Crippen LogP contribution is 2.25. The van der Waals surface area contributed by atoms with Gasteiger partial charge in [0.15, 0.2) is 0 Å². The highest BCUT2D eigenvalue weighted by Gasteiger charge is 2.20. The maximum Gasteiger partial charge on any atom is 0.127 e. The monoisotopic (exact) mass is 256 g/mol. The summed E-state index contributed by atoms with van der Waals surface area (Å²) in [6, 6.07) is 7.85. The molecule has 0 radical (unpaired) electrons. The number of hydrogen-bond acceptors (Lipinski definition) is 2. The van der Waals surface area contributed by atoms with Crippen molar-refractivity contribution in [1.29, 1.82) is 0 Å². The third-order valence-corrected chi connectivity index (χ3v) is 3.55. The summed E-state index contributed by atoms with van der Waals surface area (Å²) >= 11 is 0. The first kappa shape index (κ1) is 12.3. The fourth-order valence-electron chi connectivity index (χ4n) is 2.19. The van der Waals surface area contributed by atoms with Crippen LogP contribution in [0.25, 0.3) is 11.1 Å². The van der Waals surface area contributed by atoms with Crippen LogP contribution in [0.5, 0.6) is 0 Å². The predicted molar refractivity (Wildman–Crippen MR) is 74.2 cm³/mol. The fraction of sp³-hybridized carbons (Fsp3) is 0.312. The normalized spacial score (nSPS) is 14.6. The van der Waals surface area contributed by atoms with Gasteiger partial charge < -0.3 is 5.32 Å². The first-order valence-electron chi connectivity index (χ1n) is 6.67. The molecule has 2 aromatic rings. The van der Waals surface area contributed by atoms with Gasteiger partial charge in [0.1, 0.15) is 5.82 Å². The number of halogens is 1. The maximum absolute atomic E-state index is 13.8. The Hall–Kier alpha value is -1.74. The van der Waals surface area contributed by atoms with Crippen LogP contribution in [0.2, 0.25) is 0 Å². The number of benzene rings is 1. The number of hydrogen-bond donors (Lipinski definition) is 1. The molecular formula is C16H17FN2. The number of aryl methyl sites for hydroxylation is 1. The zero-order valence-corrected chi connectivity index (χ0v) is 11.0. The second kappa shape index (κ2) is 5.10. The van der Waals surface area contributed by atoms with E-state index in [0.29, 0.717) is 12.6 Å². The number of rotatable bonds is 4. The molecule has 1 aliphatic rings. The lowest BCUT2D eigenvalue weighted by atomic mass is 10.0. The third kappa shape index (κ3) is 2.82. The van der Waals surface area contributed by atoms with Gasteiger partial charge in [-0.3, -0.25) is 4.98 Å².